The lowest BCUT2D eigenvalue weighted by Gasteiger charge is -2.39. The number of carbonyl (C=O) groups is 1. The molecule has 5 rings (SSSR count). The first-order chi connectivity index (χ1) is 16.8. The van der Waals surface area contributed by atoms with Gasteiger partial charge < -0.3 is 14.7 Å². The maximum Gasteiger partial charge on any atom is 0.265 e. The molecule has 0 saturated carbocycles. The fraction of sp³-hybridized carbons (Fsp3) is 0.269. The number of piperidine rings is 1. The molecule has 2 heterocycles. The number of nitrogens with zero attached hydrogens (tertiary/aromatic N) is 1. The maximum atomic E-state index is 13.0. The van der Waals surface area contributed by atoms with Crippen molar-refractivity contribution in [1.29, 1.82) is 0 Å². The zero-order valence-electron chi connectivity index (χ0n) is 18.9. The molecule has 9 heteroatoms. The number of amides is 1. The van der Waals surface area contributed by atoms with Gasteiger partial charge >= 0.3 is 0 Å². The maximum absolute atomic E-state index is 13.0. The minimum absolute atomic E-state index is 0.104. The molecule has 0 aliphatic carbocycles. The molecule has 0 spiro atoms. The van der Waals surface area contributed by atoms with E-state index in [1.54, 1.807) is 41.3 Å². The Balaban J connectivity index is 1.25. The van der Waals surface area contributed by atoms with Crippen LogP contribution in [0.15, 0.2) is 71.6 Å². The first-order valence-electron chi connectivity index (χ1n) is 11.4. The molecular weight excluding hydrogens is 488 g/mol. The lowest BCUT2D eigenvalue weighted by molar-refractivity contribution is -0.0210. The molecule has 3 aromatic rings. The zero-order valence-corrected chi connectivity index (χ0v) is 20.5. The Bertz CT molecular complexity index is 1370. The topological polar surface area (TPSA) is 95.9 Å². The number of aliphatic hydroxyl groups is 1. The summed E-state index contributed by atoms with van der Waals surface area (Å²) in [6.07, 6.45) is 1.44. The molecule has 2 N–H and O–H groups in total. The molecule has 35 heavy (non-hydrogen) atoms. The van der Waals surface area contributed by atoms with Crippen molar-refractivity contribution in [3.05, 3.63) is 88.4 Å². The van der Waals surface area contributed by atoms with Gasteiger partial charge in [0.1, 0.15) is 10.6 Å². The minimum Gasteiger partial charge on any atom is -0.492 e. The molecular formula is C26H25ClN2O5S. The molecule has 3 aromatic carbocycles. The average molecular weight is 513 g/mol. The van der Waals surface area contributed by atoms with Gasteiger partial charge in [-0.25, -0.2) is 8.42 Å². The summed E-state index contributed by atoms with van der Waals surface area (Å²) in [4.78, 5) is 14.8. The number of fused-ring (bicyclic) bond motifs is 1. The second kappa shape index (κ2) is 9.18. The second-order valence-corrected chi connectivity index (χ2v) is 10.9. The van der Waals surface area contributed by atoms with E-state index in [-0.39, 0.29) is 10.8 Å². The van der Waals surface area contributed by atoms with Crippen LogP contribution in [0.2, 0.25) is 5.02 Å². The van der Waals surface area contributed by atoms with E-state index < -0.39 is 15.6 Å². The fourth-order valence-corrected chi connectivity index (χ4v) is 6.22. The number of nitrogens with one attached hydrogen (secondary N) is 1. The number of sulfonamides is 1. The van der Waals surface area contributed by atoms with Crippen LogP contribution in [0.5, 0.6) is 5.75 Å². The van der Waals surface area contributed by atoms with E-state index in [1.165, 1.54) is 6.07 Å². The molecule has 0 bridgehead atoms. The highest BCUT2D eigenvalue weighted by molar-refractivity contribution is 7.92. The zero-order chi connectivity index (χ0) is 24.6. The van der Waals surface area contributed by atoms with Gasteiger partial charge in [-0.2, -0.15) is 0 Å². The minimum atomic E-state index is -3.84. The van der Waals surface area contributed by atoms with Gasteiger partial charge in [-0.3, -0.25) is 9.52 Å². The Morgan fingerprint density at radius 3 is 2.43 bits per heavy atom. The second-order valence-electron chi connectivity index (χ2n) is 8.83. The number of halogens is 1. The molecule has 182 valence electrons. The first kappa shape index (κ1) is 23.7. The quantitative estimate of drug-likeness (QED) is 0.534. The van der Waals surface area contributed by atoms with Gasteiger partial charge in [0, 0.05) is 41.3 Å². The Morgan fingerprint density at radius 2 is 1.71 bits per heavy atom. The number of benzene rings is 3. The van der Waals surface area contributed by atoms with Gasteiger partial charge in [-0.1, -0.05) is 41.9 Å². The summed E-state index contributed by atoms with van der Waals surface area (Å²) >= 11 is 6.27. The van der Waals surface area contributed by atoms with Crippen molar-refractivity contribution in [2.75, 3.05) is 24.4 Å². The van der Waals surface area contributed by atoms with Crippen molar-refractivity contribution >= 4 is 33.2 Å². The van der Waals surface area contributed by atoms with Crippen molar-refractivity contribution in [2.24, 2.45) is 0 Å². The summed E-state index contributed by atoms with van der Waals surface area (Å²) in [7, 11) is -3.84. The van der Waals surface area contributed by atoms with E-state index in [0.717, 1.165) is 5.56 Å². The molecule has 0 atom stereocenters. The largest absolute Gasteiger partial charge is 0.492 e. The number of para-hydroxylation sites is 1. The van der Waals surface area contributed by atoms with E-state index in [2.05, 4.69) is 4.72 Å². The van der Waals surface area contributed by atoms with Gasteiger partial charge in [-0.05, 0) is 54.8 Å². The normalized spacial score (nSPS) is 16.9. The predicted molar refractivity (Wildman–Crippen MR) is 133 cm³/mol. The highest BCUT2D eigenvalue weighted by Gasteiger charge is 2.37. The summed E-state index contributed by atoms with van der Waals surface area (Å²) in [5.41, 5.74) is 1.28. The molecule has 1 saturated heterocycles. The van der Waals surface area contributed by atoms with Crippen molar-refractivity contribution in [3.63, 3.8) is 0 Å². The molecule has 7 nitrogen and oxygen atoms in total. The van der Waals surface area contributed by atoms with Crippen LogP contribution in [0.3, 0.4) is 0 Å². The Hall–Kier alpha value is -3.07. The number of rotatable bonds is 5. The average Bonchev–Trinajstić information content (AvgIpc) is 3.33. The van der Waals surface area contributed by atoms with Crippen molar-refractivity contribution in [3.8, 4) is 5.75 Å². The number of hydrogen-bond acceptors (Lipinski definition) is 5. The van der Waals surface area contributed by atoms with Gasteiger partial charge in [0.15, 0.2) is 0 Å². The highest BCUT2D eigenvalue weighted by atomic mass is 35.5. The van der Waals surface area contributed by atoms with Crippen molar-refractivity contribution in [2.45, 2.75) is 29.8 Å². The van der Waals surface area contributed by atoms with E-state index in [9.17, 15) is 18.3 Å². The van der Waals surface area contributed by atoms with Crippen LogP contribution in [0.4, 0.5) is 5.69 Å². The van der Waals surface area contributed by atoms with Crippen LogP contribution in [0.1, 0.15) is 34.3 Å². The molecule has 1 fully saturated rings. The third-order valence-electron chi connectivity index (χ3n) is 6.60. The molecule has 1 amide bonds. The van der Waals surface area contributed by atoms with Crippen LogP contribution in [-0.2, 0) is 22.0 Å². The lowest BCUT2D eigenvalue weighted by atomic mass is 9.84. The number of likely N-dealkylation sites (tertiary alicyclic amines) is 1. The van der Waals surface area contributed by atoms with Crippen LogP contribution in [0, 0.1) is 0 Å². The summed E-state index contributed by atoms with van der Waals surface area (Å²) < 4.78 is 34.0. The van der Waals surface area contributed by atoms with Crippen LogP contribution in [0.25, 0.3) is 0 Å². The Labute approximate surface area is 209 Å². The predicted octanol–water partition coefficient (Wildman–Crippen LogP) is 4.20. The number of anilines is 1. The fourth-order valence-electron chi connectivity index (χ4n) is 4.66. The van der Waals surface area contributed by atoms with E-state index in [4.69, 9.17) is 16.3 Å². The number of hydrogen-bond donors (Lipinski definition) is 2. The SMILES string of the molecule is O=C(c1ccc(NS(=O)(=O)c2cccc3c2OCC3)cc1)N1CCC(O)(c2ccccc2Cl)CC1. The smallest absolute Gasteiger partial charge is 0.265 e. The Morgan fingerprint density at radius 1 is 1.00 bits per heavy atom. The molecule has 2 aliphatic rings. The summed E-state index contributed by atoms with van der Waals surface area (Å²) in [6.45, 7) is 1.23. The van der Waals surface area contributed by atoms with E-state index in [0.29, 0.717) is 66.5 Å². The molecule has 2 aliphatic heterocycles. The van der Waals surface area contributed by atoms with Crippen molar-refractivity contribution in [1.82, 2.24) is 4.90 Å². The molecule has 0 unspecified atom stereocenters. The van der Waals surface area contributed by atoms with Gasteiger partial charge in [0.05, 0.1) is 12.2 Å². The van der Waals surface area contributed by atoms with Gasteiger partial charge in [-0.15, -0.1) is 0 Å². The van der Waals surface area contributed by atoms with E-state index >= 15 is 0 Å². The van der Waals surface area contributed by atoms with E-state index in [1.807, 2.05) is 24.3 Å². The number of carbonyl (C=O) groups excluding carboxylic acids is 1. The van der Waals surface area contributed by atoms with Crippen LogP contribution in [-0.4, -0.2) is 44.0 Å². The van der Waals surface area contributed by atoms with Gasteiger partial charge in [0.2, 0.25) is 0 Å². The Kier molecular flexibility index (Phi) is 6.21. The van der Waals surface area contributed by atoms with Crippen LogP contribution >= 0.6 is 11.6 Å². The standard InChI is InChI=1S/C26H25ClN2O5S/c27-22-6-2-1-5-21(22)26(31)13-15-29(16-14-26)25(30)19-8-10-20(11-9-19)28-35(32,33)23-7-3-4-18-12-17-34-24(18)23/h1-11,28,31H,12-17H2. The lowest BCUT2D eigenvalue weighted by Crippen LogP contribution is -2.45. The third kappa shape index (κ3) is 4.61. The summed E-state index contributed by atoms with van der Waals surface area (Å²) in [5.74, 6) is 0.226. The molecule has 0 radical (unpaired) electrons. The third-order valence-corrected chi connectivity index (χ3v) is 8.34. The van der Waals surface area contributed by atoms with Crippen molar-refractivity contribution < 1.29 is 23.1 Å². The summed E-state index contributed by atoms with van der Waals surface area (Å²) in [5, 5.41) is 11.6. The monoisotopic (exact) mass is 512 g/mol. The highest BCUT2D eigenvalue weighted by Crippen LogP contribution is 2.37. The molecule has 0 aromatic heterocycles. The number of ether oxygens (including phenoxy) is 1. The first-order valence-corrected chi connectivity index (χ1v) is 13.3. The van der Waals surface area contributed by atoms with Crippen LogP contribution < -0.4 is 9.46 Å². The summed E-state index contributed by atoms with van der Waals surface area (Å²) in [6, 6.07) is 18.6. The van der Waals surface area contributed by atoms with Gasteiger partial charge in [0.25, 0.3) is 15.9 Å².